The number of Topliss-reactive ketones (excluding diaryl/α,β-unsaturated/α-hetero) is 1. The molecule has 1 fully saturated rings. The first kappa shape index (κ1) is 11.7. The molecule has 0 radical (unpaired) electrons. The number of carbonyl (C=O) groups is 1. The number of ether oxygens (including phenoxy) is 2. The van der Waals surface area contributed by atoms with Gasteiger partial charge in [-0.2, -0.15) is 4.79 Å². The molecule has 0 amide bonds. The molecular formula is C12H12N2O3. The van der Waals surface area contributed by atoms with Crippen molar-refractivity contribution in [1.82, 2.24) is 0 Å². The first-order valence-electron chi connectivity index (χ1n) is 5.32. The Morgan fingerprint density at radius 2 is 2.24 bits per heavy atom. The molecule has 0 saturated carbocycles. The second-order valence-electron chi connectivity index (χ2n) is 3.75. The van der Waals surface area contributed by atoms with Crippen molar-refractivity contribution >= 4 is 12.0 Å². The smallest absolute Gasteiger partial charge is 0.323 e. The molecule has 1 aliphatic rings. The van der Waals surface area contributed by atoms with Gasteiger partial charge in [-0.05, 0) is 0 Å². The minimum Gasteiger partial charge on any atom is -0.361 e. The summed E-state index contributed by atoms with van der Waals surface area (Å²) >= 11 is 0. The van der Waals surface area contributed by atoms with Crippen LogP contribution in [-0.2, 0) is 14.3 Å². The van der Waals surface area contributed by atoms with E-state index >= 15 is 0 Å². The van der Waals surface area contributed by atoms with E-state index in [-0.39, 0.29) is 18.3 Å². The van der Waals surface area contributed by atoms with Gasteiger partial charge in [0, 0.05) is 12.0 Å². The second kappa shape index (κ2) is 5.50. The fourth-order valence-corrected chi connectivity index (χ4v) is 1.68. The van der Waals surface area contributed by atoms with Crippen molar-refractivity contribution in [2.45, 2.75) is 18.8 Å². The van der Waals surface area contributed by atoms with Crippen LogP contribution in [0.3, 0.4) is 0 Å². The van der Waals surface area contributed by atoms with Crippen LogP contribution in [0.25, 0.3) is 5.53 Å². The molecule has 0 unspecified atom stereocenters. The Morgan fingerprint density at radius 1 is 1.47 bits per heavy atom. The molecule has 2 atom stereocenters. The van der Waals surface area contributed by atoms with Gasteiger partial charge in [0.2, 0.25) is 5.78 Å². The standard InChI is InChI=1S/C12H12N2O3/c13-14-7-10(15)6-11-8-16-12(17-11)9-4-2-1-3-5-9/h1-5,7,11-12H,6,8H2/t11-,12+/m0/s1. The lowest BCUT2D eigenvalue weighted by Crippen LogP contribution is -2.16. The molecule has 1 heterocycles. The summed E-state index contributed by atoms with van der Waals surface area (Å²) in [7, 11) is 0. The van der Waals surface area contributed by atoms with E-state index in [9.17, 15) is 4.79 Å². The number of rotatable bonds is 4. The van der Waals surface area contributed by atoms with Crippen LogP contribution >= 0.6 is 0 Å². The first-order valence-corrected chi connectivity index (χ1v) is 5.32. The lowest BCUT2D eigenvalue weighted by Gasteiger charge is -2.10. The fourth-order valence-electron chi connectivity index (χ4n) is 1.68. The molecule has 1 aliphatic heterocycles. The van der Waals surface area contributed by atoms with Gasteiger partial charge in [-0.25, -0.2) is 0 Å². The maximum absolute atomic E-state index is 11.2. The highest BCUT2D eigenvalue weighted by molar-refractivity contribution is 6.25. The van der Waals surface area contributed by atoms with Crippen LogP contribution in [0.2, 0.25) is 0 Å². The van der Waals surface area contributed by atoms with Crippen LogP contribution in [0.4, 0.5) is 0 Å². The molecule has 1 aromatic carbocycles. The molecule has 2 rings (SSSR count). The van der Waals surface area contributed by atoms with Gasteiger partial charge in [0.15, 0.2) is 6.29 Å². The Hall–Kier alpha value is -1.81. The van der Waals surface area contributed by atoms with Crippen LogP contribution < -0.4 is 0 Å². The van der Waals surface area contributed by atoms with Crippen molar-refractivity contribution < 1.29 is 19.1 Å². The van der Waals surface area contributed by atoms with Crippen LogP contribution in [-0.4, -0.2) is 29.5 Å². The zero-order chi connectivity index (χ0) is 12.1. The SMILES string of the molecule is [N-]=[N+]=CC(=O)C[C@H]1CO[C@@H](c2ccccc2)O1. The molecule has 17 heavy (non-hydrogen) atoms. The fraction of sp³-hybridized carbons (Fsp3) is 0.333. The van der Waals surface area contributed by atoms with E-state index in [0.29, 0.717) is 6.61 Å². The third kappa shape index (κ3) is 3.07. The maximum Gasteiger partial charge on any atom is 0.323 e. The van der Waals surface area contributed by atoms with Gasteiger partial charge in [-0.3, -0.25) is 4.79 Å². The molecule has 0 spiro atoms. The third-order valence-corrected chi connectivity index (χ3v) is 2.45. The van der Waals surface area contributed by atoms with Gasteiger partial charge < -0.3 is 15.0 Å². The average molecular weight is 232 g/mol. The Kier molecular flexibility index (Phi) is 3.77. The van der Waals surface area contributed by atoms with Gasteiger partial charge >= 0.3 is 6.21 Å². The summed E-state index contributed by atoms with van der Waals surface area (Å²) in [6, 6.07) is 9.53. The van der Waals surface area contributed by atoms with Gasteiger partial charge in [-0.1, -0.05) is 30.3 Å². The van der Waals surface area contributed by atoms with Crippen molar-refractivity contribution in [3.8, 4) is 0 Å². The van der Waals surface area contributed by atoms with E-state index in [2.05, 4.69) is 4.79 Å². The Balaban J connectivity index is 1.92. The summed E-state index contributed by atoms with van der Waals surface area (Å²) in [5, 5.41) is 0. The minimum atomic E-state index is -0.417. The summed E-state index contributed by atoms with van der Waals surface area (Å²) < 4.78 is 11.0. The number of nitrogens with zero attached hydrogens (tertiary/aromatic N) is 2. The van der Waals surface area contributed by atoms with E-state index in [4.69, 9.17) is 15.0 Å². The predicted molar refractivity (Wildman–Crippen MR) is 59.3 cm³/mol. The number of ketones is 1. The number of hydrogen-bond donors (Lipinski definition) is 0. The number of hydrogen-bond acceptors (Lipinski definition) is 3. The summed E-state index contributed by atoms with van der Waals surface area (Å²) in [5.41, 5.74) is 9.15. The van der Waals surface area contributed by atoms with Crippen molar-refractivity contribution in [2.75, 3.05) is 6.61 Å². The zero-order valence-electron chi connectivity index (χ0n) is 9.15. The average Bonchev–Trinajstić information content (AvgIpc) is 2.79. The lowest BCUT2D eigenvalue weighted by molar-refractivity contribution is -0.119. The Labute approximate surface area is 98.6 Å². The lowest BCUT2D eigenvalue weighted by atomic mass is 10.2. The highest BCUT2D eigenvalue weighted by atomic mass is 16.7. The highest BCUT2D eigenvalue weighted by Crippen LogP contribution is 2.27. The molecule has 5 nitrogen and oxygen atoms in total. The molecule has 1 saturated heterocycles. The highest BCUT2D eigenvalue weighted by Gasteiger charge is 2.29. The summed E-state index contributed by atoms with van der Waals surface area (Å²) in [6.45, 7) is 0.366. The predicted octanol–water partition coefficient (Wildman–Crippen LogP) is 1.36. The molecule has 5 heteroatoms. The number of carbonyl (C=O) groups excluding carboxylic acids is 1. The molecule has 0 aliphatic carbocycles. The summed E-state index contributed by atoms with van der Waals surface area (Å²) in [4.78, 5) is 13.9. The molecule has 1 aromatic rings. The monoisotopic (exact) mass is 232 g/mol. The van der Waals surface area contributed by atoms with Gasteiger partial charge in [0.25, 0.3) is 0 Å². The summed E-state index contributed by atoms with van der Waals surface area (Å²) in [6.07, 6.45) is 0.331. The second-order valence-corrected chi connectivity index (χ2v) is 3.75. The van der Waals surface area contributed by atoms with Crippen LogP contribution in [0.15, 0.2) is 30.3 Å². The molecular weight excluding hydrogens is 220 g/mol. The normalized spacial score (nSPS) is 23.1. The van der Waals surface area contributed by atoms with Gasteiger partial charge in [0.1, 0.15) is 0 Å². The maximum atomic E-state index is 11.2. The van der Waals surface area contributed by atoms with Gasteiger partial charge in [0.05, 0.1) is 12.7 Å². The topological polar surface area (TPSA) is 71.9 Å². The number of benzene rings is 1. The van der Waals surface area contributed by atoms with E-state index in [1.807, 2.05) is 30.3 Å². The van der Waals surface area contributed by atoms with E-state index in [1.165, 1.54) is 0 Å². The van der Waals surface area contributed by atoms with Crippen LogP contribution in [0, 0.1) is 0 Å². The van der Waals surface area contributed by atoms with E-state index in [0.717, 1.165) is 11.8 Å². The zero-order valence-corrected chi connectivity index (χ0v) is 9.15. The molecule has 0 N–H and O–H groups in total. The first-order chi connectivity index (χ1) is 8.29. The molecule has 0 aromatic heterocycles. The quantitative estimate of drug-likeness (QED) is 0.447. The van der Waals surface area contributed by atoms with Crippen LogP contribution in [0.1, 0.15) is 18.3 Å². The third-order valence-electron chi connectivity index (χ3n) is 2.45. The summed E-state index contributed by atoms with van der Waals surface area (Å²) in [5.74, 6) is -0.283. The minimum absolute atomic E-state index is 0.160. The van der Waals surface area contributed by atoms with Crippen molar-refractivity contribution in [2.24, 2.45) is 0 Å². The van der Waals surface area contributed by atoms with Crippen molar-refractivity contribution in [3.05, 3.63) is 41.4 Å². The molecule has 88 valence electrons. The van der Waals surface area contributed by atoms with Crippen molar-refractivity contribution in [3.63, 3.8) is 0 Å². The van der Waals surface area contributed by atoms with Crippen LogP contribution in [0.5, 0.6) is 0 Å². The van der Waals surface area contributed by atoms with E-state index < -0.39 is 6.29 Å². The van der Waals surface area contributed by atoms with E-state index in [1.54, 1.807) is 0 Å². The van der Waals surface area contributed by atoms with Crippen molar-refractivity contribution in [1.29, 1.82) is 0 Å². The Morgan fingerprint density at radius 3 is 2.94 bits per heavy atom. The molecule has 0 bridgehead atoms. The Bertz CT molecular complexity index is 440. The van der Waals surface area contributed by atoms with Gasteiger partial charge in [-0.15, -0.1) is 0 Å². The largest absolute Gasteiger partial charge is 0.361 e.